The van der Waals surface area contributed by atoms with Crippen LogP contribution < -0.4 is 10.0 Å². The number of pyridine rings is 1. The Balaban J connectivity index is 1.45. The van der Waals surface area contributed by atoms with E-state index in [4.69, 9.17) is 5.10 Å². The monoisotopic (exact) mass is 521 g/mol. The Morgan fingerprint density at radius 1 is 0.973 bits per heavy atom. The zero-order valence-electron chi connectivity index (χ0n) is 21.5. The molecule has 0 fully saturated rings. The molecular weight excluding hydrogens is 489 g/mol. The third-order valence-corrected chi connectivity index (χ3v) is 7.33. The van der Waals surface area contributed by atoms with Gasteiger partial charge in [-0.2, -0.15) is 5.10 Å². The first-order chi connectivity index (χ1) is 17.5. The molecule has 0 saturated carbocycles. The Kier molecular flexibility index (Phi) is 7.75. The van der Waals surface area contributed by atoms with E-state index in [9.17, 15) is 12.8 Å². The van der Waals surface area contributed by atoms with E-state index < -0.39 is 10.0 Å². The Labute approximate surface area is 217 Å². The van der Waals surface area contributed by atoms with Gasteiger partial charge in [0.15, 0.2) is 0 Å². The molecule has 0 unspecified atom stereocenters. The number of aromatic nitrogens is 3. The number of nitrogens with one attached hydrogen (secondary N) is 2. The van der Waals surface area contributed by atoms with E-state index in [1.165, 1.54) is 12.1 Å². The largest absolute Gasteiger partial charge is 0.370 e. The van der Waals surface area contributed by atoms with Gasteiger partial charge in [0.25, 0.3) is 0 Å². The van der Waals surface area contributed by atoms with Gasteiger partial charge in [0.2, 0.25) is 10.0 Å². The Hall–Kier alpha value is -3.56. The molecule has 194 valence electrons. The SMILES string of the molecule is Cc1ccc(S(=O)(=O)NCCCNc2cc(-c3cn(C(C)(C)C)nc3-c3cccc(F)c3)ccn2)cc1. The molecule has 2 N–H and O–H groups in total. The number of halogens is 1. The maximum Gasteiger partial charge on any atom is 0.240 e. The maximum atomic E-state index is 14.0. The number of aryl methyl sites for hydroxylation is 1. The van der Waals surface area contributed by atoms with Crippen molar-refractivity contribution >= 4 is 15.8 Å². The zero-order valence-corrected chi connectivity index (χ0v) is 22.3. The van der Waals surface area contributed by atoms with Crippen LogP contribution in [-0.2, 0) is 15.6 Å². The molecule has 4 rings (SSSR count). The molecule has 0 amide bonds. The Morgan fingerprint density at radius 2 is 1.73 bits per heavy atom. The fourth-order valence-corrected chi connectivity index (χ4v) is 4.86. The molecule has 0 aliphatic heterocycles. The predicted octanol–water partition coefficient (Wildman–Crippen LogP) is 5.60. The van der Waals surface area contributed by atoms with Crippen LogP contribution in [0.2, 0.25) is 0 Å². The summed E-state index contributed by atoms with van der Waals surface area (Å²) in [7, 11) is -3.54. The minimum atomic E-state index is -3.54. The van der Waals surface area contributed by atoms with E-state index in [0.717, 1.165) is 16.7 Å². The summed E-state index contributed by atoms with van der Waals surface area (Å²) in [5.41, 5.74) is 3.92. The summed E-state index contributed by atoms with van der Waals surface area (Å²) in [5.74, 6) is 0.344. The lowest BCUT2D eigenvalue weighted by atomic mass is 10.0. The van der Waals surface area contributed by atoms with Crippen LogP contribution in [0.15, 0.2) is 78.0 Å². The summed E-state index contributed by atoms with van der Waals surface area (Å²) in [6.45, 7) is 8.93. The number of nitrogens with zero attached hydrogens (tertiary/aromatic N) is 3. The van der Waals surface area contributed by atoms with Gasteiger partial charge in [0, 0.05) is 36.6 Å². The van der Waals surface area contributed by atoms with E-state index in [1.807, 2.05) is 36.0 Å². The Bertz CT molecular complexity index is 1480. The zero-order chi connectivity index (χ0) is 26.6. The summed E-state index contributed by atoms with van der Waals surface area (Å²) in [6.07, 6.45) is 4.26. The van der Waals surface area contributed by atoms with Crippen LogP contribution in [0.3, 0.4) is 0 Å². The molecule has 4 aromatic rings. The van der Waals surface area contributed by atoms with Crippen molar-refractivity contribution in [3.63, 3.8) is 0 Å². The number of benzene rings is 2. The maximum absolute atomic E-state index is 14.0. The second-order valence-corrected chi connectivity index (χ2v) is 11.7. The first-order valence-corrected chi connectivity index (χ1v) is 13.6. The predicted molar refractivity (Wildman–Crippen MR) is 145 cm³/mol. The van der Waals surface area contributed by atoms with Gasteiger partial charge in [-0.05, 0) is 76.1 Å². The van der Waals surface area contributed by atoms with Gasteiger partial charge >= 0.3 is 0 Å². The number of rotatable bonds is 9. The van der Waals surface area contributed by atoms with Gasteiger partial charge in [-0.3, -0.25) is 4.68 Å². The van der Waals surface area contributed by atoms with Gasteiger partial charge in [0.05, 0.1) is 10.4 Å². The summed E-state index contributed by atoms with van der Waals surface area (Å²) in [4.78, 5) is 4.66. The quantitative estimate of drug-likeness (QED) is 0.280. The molecule has 37 heavy (non-hydrogen) atoms. The highest BCUT2D eigenvalue weighted by atomic mass is 32.2. The molecule has 9 heteroatoms. The number of anilines is 1. The van der Waals surface area contributed by atoms with E-state index in [1.54, 1.807) is 36.5 Å². The minimum Gasteiger partial charge on any atom is -0.370 e. The topological polar surface area (TPSA) is 88.9 Å². The van der Waals surface area contributed by atoms with E-state index in [0.29, 0.717) is 36.6 Å². The summed E-state index contributed by atoms with van der Waals surface area (Å²) >= 11 is 0. The second kappa shape index (κ2) is 10.8. The molecule has 0 bridgehead atoms. The molecule has 2 heterocycles. The van der Waals surface area contributed by atoms with Crippen molar-refractivity contribution < 1.29 is 12.8 Å². The fraction of sp³-hybridized carbons (Fsp3) is 0.286. The minimum absolute atomic E-state index is 0.250. The van der Waals surface area contributed by atoms with Gasteiger partial charge in [-0.1, -0.05) is 29.8 Å². The van der Waals surface area contributed by atoms with Crippen molar-refractivity contribution in [2.24, 2.45) is 0 Å². The molecule has 0 atom stereocenters. The van der Waals surface area contributed by atoms with Gasteiger partial charge in [-0.15, -0.1) is 0 Å². The number of sulfonamides is 1. The first kappa shape index (κ1) is 26.5. The first-order valence-electron chi connectivity index (χ1n) is 12.2. The van der Waals surface area contributed by atoms with Crippen LogP contribution in [0, 0.1) is 12.7 Å². The molecule has 0 saturated heterocycles. The van der Waals surface area contributed by atoms with Crippen LogP contribution in [0.1, 0.15) is 32.8 Å². The molecule has 2 aromatic carbocycles. The van der Waals surface area contributed by atoms with Gasteiger partial charge in [0.1, 0.15) is 17.3 Å². The molecule has 2 aromatic heterocycles. The lowest BCUT2D eigenvalue weighted by molar-refractivity contribution is 0.356. The van der Waals surface area contributed by atoms with Crippen molar-refractivity contribution in [1.29, 1.82) is 0 Å². The lowest BCUT2D eigenvalue weighted by Crippen LogP contribution is -2.26. The van der Waals surface area contributed by atoms with E-state index in [2.05, 4.69) is 35.8 Å². The number of hydrogen-bond acceptors (Lipinski definition) is 5. The highest BCUT2D eigenvalue weighted by Crippen LogP contribution is 2.34. The molecule has 0 spiro atoms. The van der Waals surface area contributed by atoms with Gasteiger partial charge < -0.3 is 5.32 Å². The smallest absolute Gasteiger partial charge is 0.240 e. The van der Waals surface area contributed by atoms with E-state index >= 15 is 0 Å². The normalized spacial score (nSPS) is 12.0. The average Bonchev–Trinajstić information content (AvgIpc) is 3.31. The molecule has 0 aliphatic carbocycles. The number of hydrogen-bond donors (Lipinski definition) is 2. The van der Waals surface area contributed by atoms with Crippen molar-refractivity contribution in [1.82, 2.24) is 19.5 Å². The molecule has 0 aliphatic rings. The van der Waals surface area contributed by atoms with Crippen LogP contribution in [0.5, 0.6) is 0 Å². The third-order valence-electron chi connectivity index (χ3n) is 5.85. The van der Waals surface area contributed by atoms with Gasteiger partial charge in [-0.25, -0.2) is 22.5 Å². The standard InChI is InChI=1S/C28H32FN5O2S/c1-20-9-11-24(12-10-20)37(35,36)32-15-6-14-30-26-18-21(13-16-31-26)25-19-34(28(2,3)4)33-27(25)22-7-5-8-23(29)17-22/h5,7-13,16-19,32H,6,14-15H2,1-4H3,(H,30,31). The molecule has 7 nitrogen and oxygen atoms in total. The second-order valence-electron chi connectivity index (χ2n) is 9.94. The third kappa shape index (κ3) is 6.61. The average molecular weight is 522 g/mol. The summed E-state index contributed by atoms with van der Waals surface area (Å²) < 4.78 is 43.4. The van der Waals surface area contributed by atoms with Crippen molar-refractivity contribution in [2.75, 3.05) is 18.4 Å². The Morgan fingerprint density at radius 3 is 2.43 bits per heavy atom. The van der Waals surface area contributed by atoms with E-state index in [-0.39, 0.29) is 16.3 Å². The van der Waals surface area contributed by atoms with Crippen LogP contribution >= 0.6 is 0 Å². The highest BCUT2D eigenvalue weighted by molar-refractivity contribution is 7.89. The van der Waals surface area contributed by atoms with Crippen molar-refractivity contribution in [3.8, 4) is 22.4 Å². The van der Waals surface area contributed by atoms with Crippen molar-refractivity contribution in [2.45, 2.75) is 44.6 Å². The molecule has 0 radical (unpaired) electrons. The summed E-state index contributed by atoms with van der Waals surface area (Å²) in [6, 6.07) is 17.0. The summed E-state index contributed by atoms with van der Waals surface area (Å²) in [5, 5.41) is 8.04. The van der Waals surface area contributed by atoms with Crippen molar-refractivity contribution in [3.05, 3.63) is 84.4 Å². The lowest BCUT2D eigenvalue weighted by Gasteiger charge is -2.18. The highest BCUT2D eigenvalue weighted by Gasteiger charge is 2.20. The molecular formula is C28H32FN5O2S. The van der Waals surface area contributed by atoms with Crippen LogP contribution in [-0.4, -0.2) is 36.3 Å². The fourth-order valence-electron chi connectivity index (χ4n) is 3.78. The van der Waals surface area contributed by atoms with Crippen LogP contribution in [0.4, 0.5) is 10.2 Å². The van der Waals surface area contributed by atoms with Crippen LogP contribution in [0.25, 0.3) is 22.4 Å².